The molecule has 20 heavy (non-hydrogen) atoms. The third kappa shape index (κ3) is 5.75. The van der Waals surface area contributed by atoms with Gasteiger partial charge in [0.2, 0.25) is 0 Å². The second-order valence-electron chi connectivity index (χ2n) is 3.88. The normalized spacial score (nSPS) is 10.5. The highest BCUT2D eigenvalue weighted by atomic mass is 35.5. The number of esters is 1. The number of ether oxygens (including phenoxy) is 2. The number of hydrogen-bond donors (Lipinski definition) is 1. The summed E-state index contributed by atoms with van der Waals surface area (Å²) in [6.07, 6.45) is 3.19. The van der Waals surface area contributed by atoms with Crippen molar-refractivity contribution in [2.45, 2.75) is 12.8 Å². The smallest absolute Gasteiger partial charge is 0.328 e. The number of benzene rings is 1. The molecule has 1 N–H and O–H groups in total. The number of carbonyl (C=O) groups excluding carboxylic acids is 1. The maximum atomic E-state index is 10.9. The average molecular weight is 299 g/mol. The highest BCUT2D eigenvalue weighted by Crippen LogP contribution is 2.24. The van der Waals surface area contributed by atoms with E-state index in [-0.39, 0.29) is 12.4 Å². The summed E-state index contributed by atoms with van der Waals surface area (Å²) in [6.45, 7) is 0.324. The van der Waals surface area contributed by atoms with E-state index in [0.717, 1.165) is 6.08 Å². The van der Waals surface area contributed by atoms with Gasteiger partial charge in [-0.15, -0.1) is 0 Å². The number of rotatable bonds is 7. The lowest BCUT2D eigenvalue weighted by Gasteiger charge is -2.09. The van der Waals surface area contributed by atoms with Crippen molar-refractivity contribution >= 4 is 29.6 Å². The van der Waals surface area contributed by atoms with E-state index in [9.17, 15) is 9.59 Å². The van der Waals surface area contributed by atoms with Crippen LogP contribution in [0.1, 0.15) is 18.4 Å². The lowest BCUT2D eigenvalue weighted by atomic mass is 10.2. The first kappa shape index (κ1) is 16.0. The van der Waals surface area contributed by atoms with Crippen molar-refractivity contribution in [1.29, 1.82) is 0 Å². The van der Waals surface area contributed by atoms with Crippen LogP contribution in [0.5, 0.6) is 5.75 Å². The molecule has 0 saturated heterocycles. The van der Waals surface area contributed by atoms with Gasteiger partial charge in [-0.1, -0.05) is 11.6 Å². The molecule has 0 unspecified atom stereocenters. The number of halogens is 1. The Morgan fingerprint density at radius 3 is 2.80 bits per heavy atom. The van der Waals surface area contributed by atoms with E-state index in [4.69, 9.17) is 21.4 Å². The Balaban J connectivity index is 2.64. The number of hydrogen-bond acceptors (Lipinski definition) is 4. The quantitative estimate of drug-likeness (QED) is 0.476. The van der Waals surface area contributed by atoms with E-state index in [0.29, 0.717) is 29.4 Å². The molecule has 1 aromatic carbocycles. The monoisotopic (exact) mass is 298 g/mol. The number of carbonyl (C=O) groups is 2. The van der Waals surface area contributed by atoms with Gasteiger partial charge >= 0.3 is 11.9 Å². The van der Waals surface area contributed by atoms with E-state index >= 15 is 0 Å². The minimum atomic E-state index is -1.05. The molecular formula is C14H15ClO5. The van der Waals surface area contributed by atoms with Crippen molar-refractivity contribution in [3.8, 4) is 5.75 Å². The van der Waals surface area contributed by atoms with E-state index in [1.165, 1.54) is 13.2 Å². The summed E-state index contributed by atoms with van der Waals surface area (Å²) < 4.78 is 10.0. The molecule has 5 nitrogen and oxygen atoms in total. The van der Waals surface area contributed by atoms with Gasteiger partial charge < -0.3 is 14.6 Å². The van der Waals surface area contributed by atoms with Crippen molar-refractivity contribution in [1.82, 2.24) is 0 Å². The van der Waals surface area contributed by atoms with E-state index in [1.807, 2.05) is 0 Å². The van der Waals surface area contributed by atoms with Crippen molar-refractivity contribution in [2.75, 3.05) is 13.7 Å². The molecule has 0 aliphatic rings. The van der Waals surface area contributed by atoms with Gasteiger partial charge in [-0.3, -0.25) is 4.79 Å². The van der Waals surface area contributed by atoms with Crippen molar-refractivity contribution in [3.05, 3.63) is 34.9 Å². The zero-order chi connectivity index (χ0) is 15.0. The van der Waals surface area contributed by atoms with Gasteiger partial charge in [0, 0.05) is 23.1 Å². The summed E-state index contributed by atoms with van der Waals surface area (Å²) in [7, 11) is 1.33. The summed E-state index contributed by atoms with van der Waals surface area (Å²) in [6, 6.07) is 4.91. The van der Waals surface area contributed by atoms with Crippen LogP contribution in [0.2, 0.25) is 5.02 Å². The highest BCUT2D eigenvalue weighted by molar-refractivity contribution is 6.30. The minimum Gasteiger partial charge on any atom is -0.493 e. The van der Waals surface area contributed by atoms with E-state index in [2.05, 4.69) is 4.74 Å². The second-order valence-corrected chi connectivity index (χ2v) is 4.32. The number of aliphatic carboxylic acids is 1. The predicted molar refractivity (Wildman–Crippen MR) is 74.9 cm³/mol. The Morgan fingerprint density at radius 1 is 1.40 bits per heavy atom. The number of carboxylic acid groups (broad SMARTS) is 1. The van der Waals surface area contributed by atoms with Gasteiger partial charge in [0.25, 0.3) is 0 Å². The zero-order valence-electron chi connectivity index (χ0n) is 11.0. The molecule has 0 aliphatic carbocycles. The largest absolute Gasteiger partial charge is 0.493 e. The third-order valence-electron chi connectivity index (χ3n) is 2.39. The summed E-state index contributed by atoms with van der Waals surface area (Å²) in [5.41, 5.74) is 0.568. The van der Waals surface area contributed by atoms with Gasteiger partial charge in [0.15, 0.2) is 0 Å². The average Bonchev–Trinajstić information content (AvgIpc) is 2.42. The molecule has 0 atom stereocenters. The van der Waals surface area contributed by atoms with Crippen LogP contribution in [0, 0.1) is 0 Å². The first-order valence-electron chi connectivity index (χ1n) is 5.93. The van der Waals surface area contributed by atoms with Gasteiger partial charge in [0.1, 0.15) is 5.75 Å². The topological polar surface area (TPSA) is 72.8 Å². The SMILES string of the molecule is COC(=O)CCCOc1ccc(Cl)cc1/C=C/C(=O)O. The van der Waals surface area contributed by atoms with Crippen LogP contribution in [0.4, 0.5) is 0 Å². The lowest BCUT2D eigenvalue weighted by molar-refractivity contribution is -0.140. The Labute approximate surface area is 121 Å². The van der Waals surface area contributed by atoms with Crippen molar-refractivity contribution in [3.63, 3.8) is 0 Å². The maximum Gasteiger partial charge on any atom is 0.328 e. The van der Waals surface area contributed by atoms with Crippen LogP contribution < -0.4 is 4.74 Å². The van der Waals surface area contributed by atoms with E-state index in [1.54, 1.807) is 18.2 Å². The van der Waals surface area contributed by atoms with E-state index < -0.39 is 5.97 Å². The van der Waals surface area contributed by atoms with Crippen LogP contribution >= 0.6 is 11.6 Å². The molecule has 0 heterocycles. The fourth-order valence-corrected chi connectivity index (χ4v) is 1.62. The van der Waals surface area contributed by atoms with Gasteiger partial charge in [-0.2, -0.15) is 0 Å². The standard InChI is InChI=1S/C14H15ClO5/c1-19-14(18)3-2-8-20-12-6-5-11(15)9-10(12)4-7-13(16)17/h4-7,9H,2-3,8H2,1H3,(H,16,17)/b7-4+. The van der Waals surface area contributed by atoms with Crippen molar-refractivity contribution < 1.29 is 24.2 Å². The van der Waals surface area contributed by atoms with Crippen LogP contribution in [-0.4, -0.2) is 30.8 Å². The Bertz CT molecular complexity index is 510. The molecule has 0 amide bonds. The zero-order valence-corrected chi connectivity index (χ0v) is 11.7. The van der Waals surface area contributed by atoms with Crippen LogP contribution in [0.25, 0.3) is 6.08 Å². The van der Waals surface area contributed by atoms with Gasteiger partial charge in [0.05, 0.1) is 13.7 Å². The third-order valence-corrected chi connectivity index (χ3v) is 2.62. The molecule has 0 fully saturated rings. The summed E-state index contributed by atoms with van der Waals surface area (Å²) in [5, 5.41) is 9.11. The molecular weight excluding hydrogens is 284 g/mol. The summed E-state index contributed by atoms with van der Waals surface area (Å²) in [5.74, 6) is -0.839. The predicted octanol–water partition coefficient (Wildman–Crippen LogP) is 2.77. The Morgan fingerprint density at radius 2 is 2.15 bits per heavy atom. The molecule has 0 saturated carbocycles. The number of methoxy groups -OCH3 is 1. The first-order chi connectivity index (χ1) is 9.52. The Hall–Kier alpha value is -2.01. The molecule has 6 heteroatoms. The van der Waals surface area contributed by atoms with Crippen LogP contribution in [-0.2, 0) is 14.3 Å². The lowest BCUT2D eigenvalue weighted by Crippen LogP contribution is -2.05. The van der Waals surface area contributed by atoms with Crippen LogP contribution in [0.3, 0.4) is 0 Å². The van der Waals surface area contributed by atoms with Gasteiger partial charge in [-0.25, -0.2) is 4.79 Å². The fourth-order valence-electron chi connectivity index (χ4n) is 1.44. The molecule has 0 spiro atoms. The summed E-state index contributed by atoms with van der Waals surface area (Å²) >= 11 is 5.86. The number of carboxylic acids is 1. The molecule has 108 valence electrons. The molecule has 0 aromatic heterocycles. The minimum absolute atomic E-state index is 0.268. The highest BCUT2D eigenvalue weighted by Gasteiger charge is 2.04. The van der Waals surface area contributed by atoms with Crippen molar-refractivity contribution in [2.24, 2.45) is 0 Å². The molecule has 0 radical (unpaired) electrons. The summed E-state index contributed by atoms with van der Waals surface area (Å²) in [4.78, 5) is 21.5. The maximum absolute atomic E-state index is 10.9. The molecule has 1 aromatic rings. The molecule has 0 bridgehead atoms. The second kappa shape index (κ2) is 8.22. The van der Waals surface area contributed by atoms with Crippen LogP contribution in [0.15, 0.2) is 24.3 Å². The first-order valence-corrected chi connectivity index (χ1v) is 6.31. The fraction of sp³-hybridized carbons (Fsp3) is 0.286. The molecule has 0 aliphatic heterocycles. The Kier molecular flexibility index (Phi) is 6.59. The van der Waals surface area contributed by atoms with Gasteiger partial charge in [-0.05, 0) is 30.7 Å². The molecule has 1 rings (SSSR count).